The van der Waals surface area contributed by atoms with Crippen LogP contribution in [0.25, 0.3) is 0 Å². The summed E-state index contributed by atoms with van der Waals surface area (Å²) in [6, 6.07) is 0. The van der Waals surface area contributed by atoms with Crippen molar-refractivity contribution in [1.29, 1.82) is 0 Å². The third kappa shape index (κ3) is 3.93. The molecule has 0 aliphatic carbocycles. The summed E-state index contributed by atoms with van der Waals surface area (Å²) < 4.78 is 0. The van der Waals surface area contributed by atoms with Crippen LogP contribution in [0.2, 0.25) is 0 Å². The van der Waals surface area contributed by atoms with Crippen molar-refractivity contribution in [1.82, 2.24) is 0 Å². The van der Waals surface area contributed by atoms with Crippen molar-refractivity contribution in [2.24, 2.45) is 0 Å². The molecule has 0 bridgehead atoms. The molecule has 0 fully saturated rings. The smallest absolute Gasteiger partial charge is 0.200 e. The second-order valence-corrected chi connectivity index (χ2v) is 2.78. The highest BCUT2D eigenvalue weighted by molar-refractivity contribution is 5.30. The first-order valence-electron chi connectivity index (χ1n) is 4.51. The van der Waals surface area contributed by atoms with Crippen LogP contribution < -0.4 is 0 Å². The zero-order valence-corrected chi connectivity index (χ0v) is 8.41. The lowest BCUT2D eigenvalue weighted by atomic mass is 10.3. The van der Waals surface area contributed by atoms with Gasteiger partial charge in [0.15, 0.2) is 17.3 Å². The summed E-state index contributed by atoms with van der Waals surface area (Å²) in [6.45, 7) is 0.237. The number of aliphatic hydroxyl groups excluding tert-OH is 3. The molecule has 1 aliphatic heterocycles. The molecule has 5 heteroatoms. The average molecular weight is 224 g/mol. The largest absolute Gasteiger partial charge is 0.504 e. The molecule has 0 unspecified atom stereocenters. The number of allylic oxidation sites excluding steroid dienone is 5. The van der Waals surface area contributed by atoms with Crippen LogP contribution >= 0.6 is 0 Å². The Morgan fingerprint density at radius 3 is 2.69 bits per heavy atom. The lowest BCUT2D eigenvalue weighted by molar-refractivity contribution is -0.238. The van der Waals surface area contributed by atoms with E-state index in [4.69, 9.17) is 0 Å². The SMILES string of the molecule is OC1=C/C=C/OOC/C=C/C=C\C(O)=C1O. The van der Waals surface area contributed by atoms with E-state index in [2.05, 4.69) is 9.78 Å². The summed E-state index contributed by atoms with van der Waals surface area (Å²) >= 11 is 0. The van der Waals surface area contributed by atoms with Crippen molar-refractivity contribution in [2.45, 2.75) is 0 Å². The Hall–Kier alpha value is -2.14. The fourth-order valence-electron chi connectivity index (χ4n) is 0.850. The summed E-state index contributed by atoms with van der Waals surface area (Å²) in [6.07, 6.45) is 9.58. The molecule has 5 nitrogen and oxygen atoms in total. The summed E-state index contributed by atoms with van der Waals surface area (Å²) in [7, 11) is 0. The second kappa shape index (κ2) is 6.36. The molecule has 0 aromatic heterocycles. The monoisotopic (exact) mass is 224 g/mol. The quantitative estimate of drug-likeness (QED) is 0.550. The summed E-state index contributed by atoms with van der Waals surface area (Å²) in [4.78, 5) is 9.26. The maximum absolute atomic E-state index is 9.33. The highest BCUT2D eigenvalue weighted by atomic mass is 17.2. The molecule has 1 heterocycles. The maximum Gasteiger partial charge on any atom is 0.200 e. The Balaban J connectivity index is 2.94. The van der Waals surface area contributed by atoms with Crippen LogP contribution in [0, 0.1) is 0 Å². The van der Waals surface area contributed by atoms with Gasteiger partial charge in [-0.2, -0.15) is 4.89 Å². The molecule has 86 valence electrons. The van der Waals surface area contributed by atoms with Gasteiger partial charge in [0, 0.05) is 0 Å². The van der Waals surface area contributed by atoms with Crippen molar-refractivity contribution in [3.63, 3.8) is 0 Å². The van der Waals surface area contributed by atoms with E-state index in [0.717, 1.165) is 6.08 Å². The van der Waals surface area contributed by atoms with Crippen LogP contribution in [0.4, 0.5) is 0 Å². The van der Waals surface area contributed by atoms with Crippen molar-refractivity contribution >= 4 is 0 Å². The van der Waals surface area contributed by atoms with Gasteiger partial charge in [0.1, 0.15) is 12.9 Å². The van der Waals surface area contributed by atoms with Gasteiger partial charge in [0.05, 0.1) is 0 Å². The van der Waals surface area contributed by atoms with Crippen LogP contribution in [-0.4, -0.2) is 21.9 Å². The van der Waals surface area contributed by atoms with Gasteiger partial charge in [-0.15, -0.1) is 0 Å². The highest BCUT2D eigenvalue weighted by Gasteiger charge is 2.04. The minimum absolute atomic E-state index is 0.237. The van der Waals surface area contributed by atoms with Crippen LogP contribution in [-0.2, 0) is 9.78 Å². The molecule has 0 radical (unpaired) electrons. The van der Waals surface area contributed by atoms with Gasteiger partial charge >= 0.3 is 0 Å². The van der Waals surface area contributed by atoms with Gasteiger partial charge < -0.3 is 20.2 Å². The Bertz CT molecular complexity index is 374. The first kappa shape index (κ1) is 11.9. The predicted molar refractivity (Wildman–Crippen MR) is 57.5 cm³/mol. The van der Waals surface area contributed by atoms with Gasteiger partial charge in [-0.3, -0.25) is 0 Å². The first-order chi connectivity index (χ1) is 7.72. The Kier molecular flexibility index (Phi) is 4.75. The zero-order valence-electron chi connectivity index (χ0n) is 8.41. The molecule has 0 saturated heterocycles. The van der Waals surface area contributed by atoms with E-state index in [1.807, 2.05) is 0 Å². The van der Waals surface area contributed by atoms with Crippen LogP contribution in [0.15, 0.2) is 60.0 Å². The molecule has 16 heavy (non-hydrogen) atoms. The zero-order chi connectivity index (χ0) is 11.8. The Morgan fingerprint density at radius 1 is 1.06 bits per heavy atom. The van der Waals surface area contributed by atoms with E-state index in [1.54, 1.807) is 12.2 Å². The third-order valence-electron chi connectivity index (χ3n) is 1.61. The Morgan fingerprint density at radius 2 is 1.88 bits per heavy atom. The summed E-state index contributed by atoms with van der Waals surface area (Å²) in [5.74, 6) is -1.53. The van der Waals surface area contributed by atoms with Gasteiger partial charge in [-0.05, 0) is 18.2 Å². The number of hydrogen-bond donors (Lipinski definition) is 3. The van der Waals surface area contributed by atoms with Gasteiger partial charge in [-0.1, -0.05) is 18.2 Å². The number of aliphatic hydroxyl groups is 3. The molecule has 0 saturated carbocycles. The van der Waals surface area contributed by atoms with Crippen LogP contribution in [0.1, 0.15) is 0 Å². The second-order valence-electron chi connectivity index (χ2n) is 2.78. The Labute approximate surface area is 92.5 Å². The summed E-state index contributed by atoms with van der Waals surface area (Å²) in [5, 5.41) is 28.0. The van der Waals surface area contributed by atoms with Crippen molar-refractivity contribution < 1.29 is 25.1 Å². The van der Waals surface area contributed by atoms with Crippen molar-refractivity contribution in [3.05, 3.63) is 60.0 Å². The lowest BCUT2D eigenvalue weighted by Crippen LogP contribution is -1.92. The minimum atomic E-state index is -0.616. The fourth-order valence-corrected chi connectivity index (χ4v) is 0.850. The van der Waals surface area contributed by atoms with Crippen molar-refractivity contribution in [2.75, 3.05) is 6.61 Å². The van der Waals surface area contributed by atoms with Crippen molar-refractivity contribution in [3.8, 4) is 0 Å². The predicted octanol–water partition coefficient (Wildman–Crippen LogP) is 2.34. The fraction of sp³-hybridized carbons (Fsp3) is 0.0909. The molecule has 0 spiro atoms. The molecule has 0 aromatic rings. The average Bonchev–Trinajstić information content (AvgIpc) is 2.29. The molecule has 0 aromatic carbocycles. The highest BCUT2D eigenvalue weighted by Crippen LogP contribution is 2.09. The minimum Gasteiger partial charge on any atom is -0.504 e. The number of rotatable bonds is 0. The van der Waals surface area contributed by atoms with Crippen LogP contribution in [0.5, 0.6) is 0 Å². The topological polar surface area (TPSA) is 79.2 Å². The molecule has 1 aliphatic rings. The van der Waals surface area contributed by atoms with E-state index in [9.17, 15) is 15.3 Å². The molecular weight excluding hydrogens is 212 g/mol. The van der Waals surface area contributed by atoms with E-state index < -0.39 is 17.3 Å². The maximum atomic E-state index is 9.33. The molecule has 0 amide bonds. The molecular formula is C11H12O5. The normalized spacial score (nSPS) is 24.1. The van der Waals surface area contributed by atoms with Crippen LogP contribution in [0.3, 0.4) is 0 Å². The number of hydrogen-bond acceptors (Lipinski definition) is 5. The molecule has 3 N–H and O–H groups in total. The van der Waals surface area contributed by atoms with Gasteiger partial charge in [0.2, 0.25) is 0 Å². The first-order valence-corrected chi connectivity index (χ1v) is 4.51. The van der Waals surface area contributed by atoms with E-state index in [1.165, 1.54) is 24.5 Å². The van der Waals surface area contributed by atoms with Gasteiger partial charge in [-0.25, -0.2) is 0 Å². The van der Waals surface area contributed by atoms with Gasteiger partial charge in [0.25, 0.3) is 0 Å². The third-order valence-corrected chi connectivity index (χ3v) is 1.61. The van der Waals surface area contributed by atoms with E-state index >= 15 is 0 Å². The van der Waals surface area contributed by atoms with E-state index in [-0.39, 0.29) is 6.61 Å². The van der Waals surface area contributed by atoms with E-state index in [0.29, 0.717) is 0 Å². The summed E-state index contributed by atoms with van der Waals surface area (Å²) in [5.41, 5.74) is 0. The molecule has 1 rings (SSSR count). The standard InChI is InChI=1S/C11H12O5/c12-9-5-2-1-3-7-15-16-8-4-6-10(13)11(9)14/h1-6,8,12-14H,7H2/b3-1+,5-2-,8-4+,10-6?,11-9?. The lowest BCUT2D eigenvalue weighted by Gasteiger charge is -1.98. The molecule has 0 atom stereocenters.